The molecule has 0 bridgehead atoms. The van der Waals surface area contributed by atoms with E-state index in [1.165, 1.54) is 42.3 Å². The molecule has 0 aliphatic heterocycles. The van der Waals surface area contributed by atoms with E-state index in [0.717, 1.165) is 11.4 Å². The van der Waals surface area contributed by atoms with Crippen LogP contribution in [-0.4, -0.2) is 33.9 Å². The first-order valence-corrected chi connectivity index (χ1v) is 12.4. The summed E-state index contributed by atoms with van der Waals surface area (Å²) in [5.74, 6) is 1.37. The first-order valence-electron chi connectivity index (χ1n) is 10.6. The van der Waals surface area contributed by atoms with Gasteiger partial charge in [-0.05, 0) is 48.9 Å². The van der Waals surface area contributed by atoms with E-state index in [9.17, 15) is 14.9 Å². The van der Waals surface area contributed by atoms with Gasteiger partial charge < -0.3 is 20.1 Å². The molecule has 36 heavy (non-hydrogen) atoms. The standard InChI is InChI=1S/C24H21N5O5S2/c1-15-12-20(29(31)32)21(33-2)13-19(15)26-22(30)14-35-24-28-27-23(36-24)25-16-8-10-18(11-9-16)34-17-6-4-3-5-7-17/h3-13H,14H2,1-2H3,(H,25,27)(H,26,30). The lowest BCUT2D eigenvalue weighted by Gasteiger charge is -2.10. The van der Waals surface area contributed by atoms with E-state index in [2.05, 4.69) is 20.8 Å². The quantitative estimate of drug-likeness (QED) is 0.145. The summed E-state index contributed by atoms with van der Waals surface area (Å²) in [4.78, 5) is 23.1. The molecule has 1 amide bonds. The van der Waals surface area contributed by atoms with Gasteiger partial charge in [0.05, 0.1) is 17.8 Å². The van der Waals surface area contributed by atoms with E-state index in [-0.39, 0.29) is 23.1 Å². The van der Waals surface area contributed by atoms with Crippen molar-refractivity contribution in [1.29, 1.82) is 0 Å². The van der Waals surface area contributed by atoms with Gasteiger partial charge in [0.25, 0.3) is 0 Å². The molecule has 1 heterocycles. The number of thioether (sulfide) groups is 1. The van der Waals surface area contributed by atoms with Crippen molar-refractivity contribution < 1.29 is 19.2 Å². The van der Waals surface area contributed by atoms with Gasteiger partial charge in [-0.25, -0.2) is 0 Å². The molecule has 0 unspecified atom stereocenters. The van der Waals surface area contributed by atoms with E-state index in [0.29, 0.717) is 26.5 Å². The van der Waals surface area contributed by atoms with E-state index < -0.39 is 4.92 Å². The van der Waals surface area contributed by atoms with Crippen LogP contribution in [0.3, 0.4) is 0 Å². The number of aryl methyl sites for hydroxylation is 1. The van der Waals surface area contributed by atoms with Gasteiger partial charge in [0, 0.05) is 23.5 Å². The largest absolute Gasteiger partial charge is 0.490 e. The number of nitrogens with zero attached hydrogens (tertiary/aromatic N) is 3. The molecule has 1 aromatic heterocycles. The van der Waals surface area contributed by atoms with Crippen LogP contribution in [0.1, 0.15) is 5.56 Å². The number of ether oxygens (including phenoxy) is 2. The fraction of sp³-hybridized carbons (Fsp3) is 0.125. The molecule has 4 aromatic rings. The zero-order valence-corrected chi connectivity index (χ0v) is 20.9. The lowest BCUT2D eigenvalue weighted by atomic mass is 10.1. The third-order valence-corrected chi connectivity index (χ3v) is 6.79. The Labute approximate surface area is 214 Å². The number of rotatable bonds is 10. The maximum absolute atomic E-state index is 12.4. The van der Waals surface area contributed by atoms with Crippen molar-refractivity contribution in [2.24, 2.45) is 0 Å². The van der Waals surface area contributed by atoms with E-state index in [4.69, 9.17) is 9.47 Å². The van der Waals surface area contributed by atoms with Crippen LogP contribution in [0.25, 0.3) is 0 Å². The van der Waals surface area contributed by atoms with Gasteiger partial charge in [0.2, 0.25) is 11.0 Å². The van der Waals surface area contributed by atoms with E-state index in [1.54, 1.807) is 6.92 Å². The third-order valence-electron chi connectivity index (χ3n) is 4.81. The van der Waals surface area contributed by atoms with Crippen molar-refractivity contribution in [3.05, 3.63) is 82.4 Å². The van der Waals surface area contributed by atoms with Crippen molar-refractivity contribution in [2.45, 2.75) is 11.3 Å². The fourth-order valence-corrected chi connectivity index (χ4v) is 4.67. The molecular weight excluding hydrogens is 502 g/mol. The minimum atomic E-state index is -0.527. The molecule has 0 atom stereocenters. The number of benzene rings is 3. The van der Waals surface area contributed by atoms with Crippen LogP contribution in [0.5, 0.6) is 17.2 Å². The average Bonchev–Trinajstić information content (AvgIpc) is 3.32. The molecule has 10 nitrogen and oxygen atoms in total. The number of hydrogen-bond donors (Lipinski definition) is 2. The Hall–Kier alpha value is -4.16. The van der Waals surface area contributed by atoms with Crippen LogP contribution >= 0.6 is 23.1 Å². The number of nitrogens with one attached hydrogen (secondary N) is 2. The monoisotopic (exact) mass is 523 g/mol. The highest BCUT2D eigenvalue weighted by Crippen LogP contribution is 2.33. The van der Waals surface area contributed by atoms with Crippen LogP contribution in [0.2, 0.25) is 0 Å². The highest BCUT2D eigenvalue weighted by molar-refractivity contribution is 8.01. The second-order valence-corrected chi connectivity index (χ2v) is 9.57. The highest BCUT2D eigenvalue weighted by atomic mass is 32.2. The molecule has 0 aliphatic carbocycles. The van der Waals surface area contributed by atoms with Gasteiger partial charge in [0.15, 0.2) is 10.1 Å². The van der Waals surface area contributed by atoms with Crippen molar-refractivity contribution in [3.8, 4) is 17.2 Å². The first kappa shape index (κ1) is 24.9. The second kappa shape index (κ2) is 11.5. The van der Waals surface area contributed by atoms with E-state index in [1.807, 2.05) is 54.6 Å². The summed E-state index contributed by atoms with van der Waals surface area (Å²) in [5.41, 5.74) is 1.67. The molecule has 0 aliphatic rings. The molecule has 184 valence electrons. The summed E-state index contributed by atoms with van der Waals surface area (Å²) in [7, 11) is 1.34. The molecule has 4 rings (SSSR count). The molecule has 0 saturated heterocycles. The second-order valence-electron chi connectivity index (χ2n) is 7.37. The number of anilines is 3. The van der Waals surface area contributed by atoms with Crippen molar-refractivity contribution >= 4 is 51.2 Å². The SMILES string of the molecule is COc1cc(NC(=O)CSc2nnc(Nc3ccc(Oc4ccccc4)cc3)s2)c(C)cc1[N+](=O)[O-]. The summed E-state index contributed by atoms with van der Waals surface area (Å²) >= 11 is 2.56. The Bertz CT molecular complexity index is 1360. The van der Waals surface area contributed by atoms with Crippen LogP contribution in [0.4, 0.5) is 22.2 Å². The number of carbonyl (C=O) groups is 1. The van der Waals surface area contributed by atoms with Crippen molar-refractivity contribution in [1.82, 2.24) is 10.2 Å². The molecule has 2 N–H and O–H groups in total. The normalized spacial score (nSPS) is 10.5. The fourth-order valence-electron chi connectivity index (χ4n) is 3.10. The Balaban J connectivity index is 1.30. The van der Waals surface area contributed by atoms with Crippen LogP contribution < -0.4 is 20.1 Å². The van der Waals surface area contributed by atoms with Crippen LogP contribution in [0, 0.1) is 17.0 Å². The molecule has 0 spiro atoms. The lowest BCUT2D eigenvalue weighted by Crippen LogP contribution is -2.15. The molecule has 3 aromatic carbocycles. The predicted molar refractivity (Wildman–Crippen MR) is 140 cm³/mol. The average molecular weight is 524 g/mol. The lowest BCUT2D eigenvalue weighted by molar-refractivity contribution is -0.385. The Morgan fingerprint density at radius 3 is 2.50 bits per heavy atom. The number of hydrogen-bond acceptors (Lipinski definition) is 10. The number of methoxy groups -OCH3 is 1. The summed E-state index contributed by atoms with van der Waals surface area (Å²) < 4.78 is 11.5. The molecule has 0 radical (unpaired) electrons. The predicted octanol–water partition coefficient (Wildman–Crippen LogP) is 6.03. The van der Waals surface area contributed by atoms with Crippen LogP contribution in [-0.2, 0) is 4.79 Å². The molecule has 12 heteroatoms. The zero-order chi connectivity index (χ0) is 25.5. The number of amides is 1. The smallest absolute Gasteiger partial charge is 0.311 e. The van der Waals surface area contributed by atoms with Crippen molar-refractivity contribution in [3.63, 3.8) is 0 Å². The van der Waals surface area contributed by atoms with Gasteiger partial charge in [-0.3, -0.25) is 14.9 Å². The number of nitro benzene ring substituents is 1. The minimum absolute atomic E-state index is 0.0769. The summed E-state index contributed by atoms with van der Waals surface area (Å²) in [6, 6.07) is 19.8. The topological polar surface area (TPSA) is 129 Å². The Morgan fingerprint density at radius 2 is 1.81 bits per heavy atom. The van der Waals surface area contributed by atoms with Gasteiger partial charge in [-0.1, -0.05) is 41.3 Å². The van der Waals surface area contributed by atoms with Gasteiger partial charge in [-0.15, -0.1) is 10.2 Å². The zero-order valence-electron chi connectivity index (χ0n) is 19.3. The Kier molecular flexibility index (Phi) is 7.98. The number of nitro groups is 1. The maximum atomic E-state index is 12.4. The number of para-hydroxylation sites is 1. The number of aromatic nitrogens is 2. The molecular formula is C24H21N5O5S2. The summed E-state index contributed by atoms with van der Waals surface area (Å²) in [6.07, 6.45) is 0. The molecule has 0 saturated carbocycles. The Morgan fingerprint density at radius 1 is 1.08 bits per heavy atom. The number of carbonyl (C=O) groups excluding carboxylic acids is 1. The van der Waals surface area contributed by atoms with Crippen LogP contribution in [0.15, 0.2) is 71.1 Å². The van der Waals surface area contributed by atoms with E-state index >= 15 is 0 Å². The van der Waals surface area contributed by atoms with Gasteiger partial charge >= 0.3 is 5.69 Å². The highest BCUT2D eigenvalue weighted by Gasteiger charge is 2.18. The van der Waals surface area contributed by atoms with Crippen molar-refractivity contribution in [2.75, 3.05) is 23.5 Å². The van der Waals surface area contributed by atoms with Gasteiger partial charge in [0.1, 0.15) is 11.5 Å². The first-order chi connectivity index (χ1) is 17.4. The third kappa shape index (κ3) is 6.49. The summed E-state index contributed by atoms with van der Waals surface area (Å²) in [5, 5.41) is 25.9. The maximum Gasteiger partial charge on any atom is 0.311 e. The minimum Gasteiger partial charge on any atom is -0.490 e. The summed E-state index contributed by atoms with van der Waals surface area (Å²) in [6.45, 7) is 1.68. The van der Waals surface area contributed by atoms with Gasteiger partial charge in [-0.2, -0.15) is 0 Å². The molecule has 0 fully saturated rings.